The lowest BCUT2D eigenvalue weighted by molar-refractivity contribution is -0.138. The first-order chi connectivity index (χ1) is 6.97. The number of rotatable bonds is 3. The van der Waals surface area contributed by atoms with Gasteiger partial charge in [0.1, 0.15) is 11.6 Å². The van der Waals surface area contributed by atoms with Gasteiger partial charge in [-0.25, -0.2) is 8.78 Å². The lowest BCUT2D eigenvalue weighted by Gasteiger charge is -2.11. The van der Waals surface area contributed by atoms with E-state index in [1.165, 1.54) is 0 Å². The van der Waals surface area contributed by atoms with E-state index in [4.69, 9.17) is 22.4 Å². The number of benzene rings is 1. The van der Waals surface area contributed by atoms with Gasteiger partial charge >= 0.3 is 5.97 Å². The quantitative estimate of drug-likeness (QED) is 0.785. The molecule has 0 saturated carbocycles. The van der Waals surface area contributed by atoms with E-state index in [1.807, 2.05) is 0 Å². The highest BCUT2D eigenvalue weighted by atomic mass is 35.5. The minimum Gasteiger partial charge on any atom is -0.481 e. The van der Waals surface area contributed by atoms with Crippen molar-refractivity contribution in [3.05, 3.63) is 34.4 Å². The molecule has 0 aliphatic rings. The van der Waals surface area contributed by atoms with Crippen LogP contribution < -0.4 is 5.73 Å². The molecule has 15 heavy (non-hydrogen) atoms. The van der Waals surface area contributed by atoms with Crippen LogP contribution >= 0.6 is 11.6 Å². The molecule has 1 aromatic carbocycles. The Labute approximate surface area is 89.5 Å². The Hall–Kier alpha value is -1.20. The molecule has 1 atom stereocenters. The van der Waals surface area contributed by atoms with Crippen molar-refractivity contribution in [2.24, 2.45) is 5.73 Å². The first-order valence-corrected chi connectivity index (χ1v) is 4.42. The number of carboxylic acid groups (broad SMARTS) is 1. The van der Waals surface area contributed by atoms with E-state index in [9.17, 15) is 13.6 Å². The minimum atomic E-state index is -1.31. The summed E-state index contributed by atoms with van der Waals surface area (Å²) in [4.78, 5) is 10.7. The van der Waals surface area contributed by atoms with Crippen molar-refractivity contribution in [2.75, 3.05) is 6.54 Å². The van der Waals surface area contributed by atoms with Crippen LogP contribution in [0, 0.1) is 11.6 Å². The molecule has 0 aliphatic heterocycles. The largest absolute Gasteiger partial charge is 0.481 e. The van der Waals surface area contributed by atoms with Crippen molar-refractivity contribution in [3.63, 3.8) is 0 Å². The van der Waals surface area contributed by atoms with Gasteiger partial charge in [-0.3, -0.25) is 4.79 Å². The average molecular weight is 236 g/mol. The van der Waals surface area contributed by atoms with Gasteiger partial charge in [0.2, 0.25) is 0 Å². The van der Waals surface area contributed by atoms with Crippen LogP contribution in [0.2, 0.25) is 5.02 Å². The van der Waals surface area contributed by atoms with Gasteiger partial charge in [0.25, 0.3) is 0 Å². The number of aliphatic carboxylic acids is 1. The molecule has 6 heteroatoms. The average Bonchev–Trinajstić information content (AvgIpc) is 2.14. The highest BCUT2D eigenvalue weighted by molar-refractivity contribution is 6.30. The topological polar surface area (TPSA) is 63.3 Å². The van der Waals surface area contributed by atoms with Crippen molar-refractivity contribution in [1.29, 1.82) is 0 Å². The van der Waals surface area contributed by atoms with Crippen molar-refractivity contribution >= 4 is 17.6 Å². The molecule has 1 rings (SSSR count). The third-order valence-electron chi connectivity index (χ3n) is 1.95. The number of carboxylic acids is 1. The number of carbonyl (C=O) groups is 1. The zero-order valence-corrected chi connectivity index (χ0v) is 8.26. The van der Waals surface area contributed by atoms with E-state index in [1.54, 1.807) is 0 Å². The van der Waals surface area contributed by atoms with E-state index >= 15 is 0 Å². The summed E-state index contributed by atoms with van der Waals surface area (Å²) in [7, 11) is 0. The third kappa shape index (κ3) is 2.43. The second-order valence-electron chi connectivity index (χ2n) is 2.91. The van der Waals surface area contributed by atoms with Gasteiger partial charge in [0.05, 0.1) is 10.9 Å². The van der Waals surface area contributed by atoms with Crippen LogP contribution in [0.3, 0.4) is 0 Å². The van der Waals surface area contributed by atoms with Crippen LogP contribution in [0.1, 0.15) is 11.5 Å². The molecule has 0 aromatic heterocycles. The first-order valence-electron chi connectivity index (χ1n) is 4.04. The molecule has 1 aromatic rings. The fraction of sp³-hybridized carbons (Fsp3) is 0.222. The summed E-state index contributed by atoms with van der Waals surface area (Å²) in [6.07, 6.45) is 0. The SMILES string of the molecule is NCC(C(=O)O)c1cc(F)c(Cl)cc1F. The molecule has 3 nitrogen and oxygen atoms in total. The molecule has 0 bridgehead atoms. The van der Waals surface area contributed by atoms with Crippen LogP contribution in [-0.4, -0.2) is 17.6 Å². The molecule has 3 N–H and O–H groups in total. The predicted molar refractivity (Wildman–Crippen MR) is 50.8 cm³/mol. The van der Waals surface area contributed by atoms with Gasteiger partial charge in [-0.15, -0.1) is 0 Å². The van der Waals surface area contributed by atoms with E-state index in [2.05, 4.69) is 0 Å². The van der Waals surface area contributed by atoms with Crippen LogP contribution in [0.5, 0.6) is 0 Å². The molecule has 0 radical (unpaired) electrons. The standard InChI is InChI=1S/C9H8ClF2NO2/c10-6-2-7(11)4(1-8(6)12)5(3-13)9(14)15/h1-2,5H,3,13H2,(H,14,15). The molecule has 0 fully saturated rings. The molecule has 0 aliphatic carbocycles. The van der Waals surface area contributed by atoms with Crippen LogP contribution in [0.15, 0.2) is 12.1 Å². The van der Waals surface area contributed by atoms with Crippen molar-refractivity contribution in [3.8, 4) is 0 Å². The highest BCUT2D eigenvalue weighted by Gasteiger charge is 2.23. The summed E-state index contributed by atoms with van der Waals surface area (Å²) in [5.41, 5.74) is 4.86. The van der Waals surface area contributed by atoms with Crippen LogP contribution in [0.25, 0.3) is 0 Å². The fourth-order valence-corrected chi connectivity index (χ4v) is 1.32. The smallest absolute Gasteiger partial charge is 0.312 e. The van der Waals surface area contributed by atoms with Gasteiger partial charge in [0.15, 0.2) is 0 Å². The van der Waals surface area contributed by atoms with Gasteiger partial charge in [-0.2, -0.15) is 0 Å². The Balaban J connectivity index is 3.24. The number of halogens is 3. The van der Waals surface area contributed by atoms with Gasteiger partial charge < -0.3 is 10.8 Å². The maximum Gasteiger partial charge on any atom is 0.312 e. The minimum absolute atomic E-state index is 0.299. The zero-order chi connectivity index (χ0) is 11.6. The summed E-state index contributed by atoms with van der Waals surface area (Å²) in [6.45, 7) is -0.312. The number of hydrogen-bond acceptors (Lipinski definition) is 2. The zero-order valence-electron chi connectivity index (χ0n) is 7.51. The maximum atomic E-state index is 13.3. The Morgan fingerprint density at radius 2 is 2.07 bits per heavy atom. The van der Waals surface area contributed by atoms with Crippen molar-refractivity contribution in [1.82, 2.24) is 0 Å². The Morgan fingerprint density at radius 1 is 1.47 bits per heavy atom. The molecular weight excluding hydrogens is 228 g/mol. The fourth-order valence-electron chi connectivity index (χ4n) is 1.17. The molecule has 0 spiro atoms. The second kappa shape index (κ2) is 4.55. The molecule has 0 saturated heterocycles. The Kier molecular flexibility index (Phi) is 3.60. The third-order valence-corrected chi connectivity index (χ3v) is 2.24. The van der Waals surface area contributed by atoms with E-state index in [-0.39, 0.29) is 12.1 Å². The predicted octanol–water partition coefficient (Wildman–Crippen LogP) is 1.75. The summed E-state index contributed by atoms with van der Waals surface area (Å²) < 4.78 is 26.2. The Morgan fingerprint density at radius 3 is 2.53 bits per heavy atom. The lowest BCUT2D eigenvalue weighted by atomic mass is 9.99. The monoisotopic (exact) mass is 235 g/mol. The molecule has 0 heterocycles. The van der Waals surface area contributed by atoms with Crippen molar-refractivity contribution < 1.29 is 18.7 Å². The van der Waals surface area contributed by atoms with Gasteiger partial charge in [-0.1, -0.05) is 11.6 Å². The van der Waals surface area contributed by atoms with E-state index < -0.39 is 28.5 Å². The highest BCUT2D eigenvalue weighted by Crippen LogP contribution is 2.24. The van der Waals surface area contributed by atoms with Crippen LogP contribution in [0.4, 0.5) is 8.78 Å². The molecule has 1 unspecified atom stereocenters. The normalized spacial score (nSPS) is 12.5. The molecule has 0 amide bonds. The number of nitrogens with two attached hydrogens (primary N) is 1. The van der Waals surface area contributed by atoms with E-state index in [0.29, 0.717) is 0 Å². The summed E-state index contributed by atoms with van der Waals surface area (Å²) in [6, 6.07) is 1.49. The molecular formula is C9H8ClF2NO2. The van der Waals surface area contributed by atoms with Gasteiger partial charge in [0, 0.05) is 12.1 Å². The second-order valence-corrected chi connectivity index (χ2v) is 3.32. The van der Waals surface area contributed by atoms with Crippen molar-refractivity contribution in [2.45, 2.75) is 5.92 Å². The summed E-state index contributed by atoms with van der Waals surface area (Å²) >= 11 is 5.32. The summed E-state index contributed by atoms with van der Waals surface area (Å²) in [5.74, 6) is -4.32. The summed E-state index contributed by atoms with van der Waals surface area (Å²) in [5, 5.41) is 8.32. The first kappa shape index (κ1) is 11.9. The van der Waals surface area contributed by atoms with E-state index in [0.717, 1.165) is 12.1 Å². The number of hydrogen-bond donors (Lipinski definition) is 2. The van der Waals surface area contributed by atoms with Crippen LogP contribution in [-0.2, 0) is 4.79 Å². The Bertz CT molecular complexity index is 398. The lowest BCUT2D eigenvalue weighted by Crippen LogP contribution is -2.22. The maximum absolute atomic E-state index is 13.3. The molecule has 82 valence electrons. The van der Waals surface area contributed by atoms with Gasteiger partial charge in [-0.05, 0) is 12.1 Å².